The van der Waals surface area contributed by atoms with E-state index in [1.165, 1.54) is 78.0 Å². The van der Waals surface area contributed by atoms with E-state index in [2.05, 4.69) is 52.0 Å². The molecule has 0 nitrogen and oxygen atoms in total. The van der Waals surface area contributed by atoms with Crippen molar-refractivity contribution in [3.8, 4) is 0 Å². The van der Waals surface area contributed by atoms with Gasteiger partial charge in [0.15, 0.2) is 0 Å². The summed E-state index contributed by atoms with van der Waals surface area (Å²) >= 11 is 2.02. The molecule has 3 aromatic rings. The first-order chi connectivity index (χ1) is 12.1. The largest absolute Gasteiger partial charge is 0.135 e. The zero-order valence-corrected chi connectivity index (χ0v) is 17.2. The minimum Gasteiger partial charge on any atom is -0.135 e. The molecule has 0 atom stereocenters. The van der Waals surface area contributed by atoms with Gasteiger partial charge in [-0.25, -0.2) is 0 Å². The maximum Gasteiger partial charge on any atom is 0.0387 e. The Kier molecular flexibility index (Phi) is 6.17. The van der Waals surface area contributed by atoms with Crippen molar-refractivity contribution in [3.05, 3.63) is 46.5 Å². The van der Waals surface area contributed by atoms with Crippen LogP contribution >= 0.6 is 11.3 Å². The lowest BCUT2D eigenvalue weighted by atomic mass is 9.97. The molecule has 0 saturated heterocycles. The van der Waals surface area contributed by atoms with Crippen LogP contribution in [0, 0.1) is 13.8 Å². The van der Waals surface area contributed by atoms with Crippen molar-refractivity contribution in [3.63, 3.8) is 0 Å². The number of thiophene rings is 1. The number of rotatable bonds is 8. The summed E-state index contributed by atoms with van der Waals surface area (Å²) in [5.41, 5.74) is 5.96. The van der Waals surface area contributed by atoms with Crippen molar-refractivity contribution >= 4 is 31.5 Å². The van der Waals surface area contributed by atoms with E-state index in [9.17, 15) is 0 Å². The highest BCUT2D eigenvalue weighted by molar-refractivity contribution is 7.26. The highest BCUT2D eigenvalue weighted by Crippen LogP contribution is 2.39. The Morgan fingerprint density at radius 2 is 1.40 bits per heavy atom. The number of hydrogen-bond donors (Lipinski definition) is 0. The van der Waals surface area contributed by atoms with Gasteiger partial charge in [-0.2, -0.15) is 0 Å². The summed E-state index contributed by atoms with van der Waals surface area (Å²) in [4.78, 5) is 0. The molecule has 0 amide bonds. The molecule has 1 aromatic heterocycles. The minimum absolute atomic E-state index is 1.23. The van der Waals surface area contributed by atoms with E-state index < -0.39 is 0 Å². The first kappa shape index (κ1) is 18.5. The van der Waals surface area contributed by atoms with Gasteiger partial charge < -0.3 is 0 Å². The summed E-state index contributed by atoms with van der Waals surface area (Å²) in [7, 11) is 0. The second-order valence-electron chi connectivity index (χ2n) is 7.61. The van der Waals surface area contributed by atoms with E-state index in [0.29, 0.717) is 0 Å². The predicted molar refractivity (Wildman–Crippen MR) is 115 cm³/mol. The van der Waals surface area contributed by atoms with Gasteiger partial charge in [-0.05, 0) is 68.4 Å². The Morgan fingerprint density at radius 3 is 2.12 bits per heavy atom. The van der Waals surface area contributed by atoms with Crippen LogP contribution in [0.25, 0.3) is 20.2 Å². The molecule has 0 N–H and O–H groups in total. The van der Waals surface area contributed by atoms with Crippen molar-refractivity contribution < 1.29 is 0 Å². The van der Waals surface area contributed by atoms with E-state index in [4.69, 9.17) is 0 Å². The number of hydrogen-bond acceptors (Lipinski definition) is 1. The molecule has 0 spiro atoms. The van der Waals surface area contributed by atoms with Gasteiger partial charge in [-0.15, -0.1) is 11.3 Å². The third kappa shape index (κ3) is 4.08. The van der Waals surface area contributed by atoms with Crippen molar-refractivity contribution in [2.75, 3.05) is 0 Å². The Labute approximate surface area is 157 Å². The van der Waals surface area contributed by atoms with Crippen LogP contribution in [-0.2, 0) is 12.8 Å². The topological polar surface area (TPSA) is 0 Å². The van der Waals surface area contributed by atoms with Crippen molar-refractivity contribution in [1.29, 1.82) is 0 Å². The van der Waals surface area contributed by atoms with E-state index in [1.807, 2.05) is 11.3 Å². The molecular formula is C24H32S. The smallest absolute Gasteiger partial charge is 0.0387 e. The average molecular weight is 353 g/mol. The third-order valence-electron chi connectivity index (χ3n) is 5.26. The summed E-state index contributed by atoms with van der Waals surface area (Å²) < 4.78 is 3.03. The summed E-state index contributed by atoms with van der Waals surface area (Å²) in [5, 5.41) is 2.99. The van der Waals surface area contributed by atoms with Gasteiger partial charge in [0.2, 0.25) is 0 Å². The van der Waals surface area contributed by atoms with Gasteiger partial charge >= 0.3 is 0 Å². The highest BCUT2D eigenvalue weighted by atomic mass is 32.1. The zero-order valence-electron chi connectivity index (χ0n) is 16.4. The number of benzene rings is 2. The first-order valence-electron chi connectivity index (χ1n) is 10.1. The lowest BCUT2D eigenvalue weighted by molar-refractivity contribution is 0.711. The van der Waals surface area contributed by atoms with Crippen molar-refractivity contribution in [2.24, 2.45) is 0 Å². The molecule has 25 heavy (non-hydrogen) atoms. The molecule has 0 aliphatic heterocycles. The Balaban J connectivity index is 2.10. The molecule has 0 unspecified atom stereocenters. The molecule has 0 aliphatic carbocycles. The molecule has 3 rings (SSSR count). The lowest BCUT2D eigenvalue weighted by Crippen LogP contribution is -1.91. The van der Waals surface area contributed by atoms with Crippen LogP contribution in [0.4, 0.5) is 0 Å². The summed E-state index contributed by atoms with van der Waals surface area (Å²) in [6, 6.07) is 9.74. The number of aryl methyl sites for hydroxylation is 4. The number of unbranched alkanes of at least 4 members (excludes halogenated alkanes) is 4. The molecule has 1 heteroatoms. The quantitative estimate of drug-likeness (QED) is 0.359. The minimum atomic E-state index is 1.23. The van der Waals surface area contributed by atoms with Gasteiger partial charge in [0, 0.05) is 20.2 Å². The summed E-state index contributed by atoms with van der Waals surface area (Å²) in [6.07, 6.45) is 10.4. The van der Waals surface area contributed by atoms with E-state index >= 15 is 0 Å². The van der Waals surface area contributed by atoms with E-state index in [0.717, 1.165) is 0 Å². The Bertz CT molecular complexity index is 854. The molecule has 0 aliphatic rings. The third-order valence-corrected chi connectivity index (χ3v) is 6.69. The van der Waals surface area contributed by atoms with Crippen LogP contribution < -0.4 is 0 Å². The van der Waals surface area contributed by atoms with Crippen molar-refractivity contribution in [2.45, 2.75) is 79.1 Å². The van der Waals surface area contributed by atoms with Crippen LogP contribution in [0.3, 0.4) is 0 Å². The van der Waals surface area contributed by atoms with E-state index in [-0.39, 0.29) is 0 Å². The second-order valence-corrected chi connectivity index (χ2v) is 8.63. The van der Waals surface area contributed by atoms with Gasteiger partial charge in [0.25, 0.3) is 0 Å². The van der Waals surface area contributed by atoms with Gasteiger partial charge in [-0.1, -0.05) is 57.2 Å². The fraction of sp³-hybridized carbons (Fsp3) is 0.500. The molecule has 0 radical (unpaired) electrons. The monoisotopic (exact) mass is 352 g/mol. The fourth-order valence-corrected chi connectivity index (χ4v) is 5.22. The zero-order chi connectivity index (χ0) is 17.8. The van der Waals surface area contributed by atoms with Gasteiger partial charge in [0.05, 0.1) is 0 Å². The summed E-state index contributed by atoms with van der Waals surface area (Å²) in [5.74, 6) is 0. The first-order valence-corrected chi connectivity index (χ1v) is 10.9. The number of fused-ring (bicyclic) bond motifs is 3. The second kappa shape index (κ2) is 8.36. The highest BCUT2D eigenvalue weighted by Gasteiger charge is 2.13. The van der Waals surface area contributed by atoms with Gasteiger partial charge in [-0.3, -0.25) is 0 Å². The Morgan fingerprint density at radius 1 is 0.720 bits per heavy atom. The molecule has 1 heterocycles. The molecule has 0 fully saturated rings. The molecule has 134 valence electrons. The molecule has 0 saturated carbocycles. The van der Waals surface area contributed by atoms with Crippen LogP contribution in [0.1, 0.15) is 74.6 Å². The fourth-order valence-electron chi connectivity index (χ4n) is 3.94. The lowest BCUT2D eigenvalue weighted by Gasteiger charge is -2.08. The molecular weight excluding hydrogens is 320 g/mol. The predicted octanol–water partition coefficient (Wildman–Crippen LogP) is 8.14. The van der Waals surface area contributed by atoms with Crippen LogP contribution in [0.2, 0.25) is 0 Å². The SMILES string of the molecule is CCCCCc1cc(CCCCC)c2sc3c(C)cc(C)cc3c2c1. The van der Waals surface area contributed by atoms with Gasteiger partial charge in [0.1, 0.15) is 0 Å². The van der Waals surface area contributed by atoms with Crippen LogP contribution in [0.5, 0.6) is 0 Å². The maximum atomic E-state index is 2.52. The van der Waals surface area contributed by atoms with Crippen molar-refractivity contribution in [1.82, 2.24) is 0 Å². The normalized spacial score (nSPS) is 11.7. The van der Waals surface area contributed by atoms with Crippen LogP contribution in [0.15, 0.2) is 24.3 Å². The maximum absolute atomic E-state index is 2.52. The van der Waals surface area contributed by atoms with Crippen LogP contribution in [-0.4, -0.2) is 0 Å². The molecule has 2 aromatic carbocycles. The Hall–Kier alpha value is -1.34. The summed E-state index contributed by atoms with van der Waals surface area (Å²) in [6.45, 7) is 9.08. The van der Waals surface area contributed by atoms with E-state index in [1.54, 1.807) is 15.8 Å². The average Bonchev–Trinajstić information content (AvgIpc) is 2.95. The molecule has 0 bridgehead atoms. The standard InChI is InChI=1S/C24H32S/c1-5-7-9-11-19-15-20(12-10-8-6-2)24-22(16-19)21-14-17(3)13-18(4)23(21)25-24/h13-16H,5-12H2,1-4H3.